The van der Waals surface area contributed by atoms with Crippen LogP contribution in [-0.4, -0.2) is 15.1 Å². The summed E-state index contributed by atoms with van der Waals surface area (Å²) in [7, 11) is 0. The second-order valence-electron chi connectivity index (χ2n) is 4.11. The lowest BCUT2D eigenvalue weighted by Gasteiger charge is -2.03. The number of anilines is 1. The maximum Gasteiger partial charge on any atom is 0.140 e. The van der Waals surface area contributed by atoms with Gasteiger partial charge in [0.2, 0.25) is 0 Å². The number of imidazole rings is 1. The van der Waals surface area contributed by atoms with Gasteiger partial charge in [0.05, 0.1) is 26.8 Å². The molecule has 3 aromatic rings. The molecule has 1 heterocycles. The number of phenolic OH excluding ortho intramolecular Hbond substituents is 1. The molecular weight excluding hydrogens is 285 g/mol. The molecule has 2 aromatic carbocycles. The van der Waals surface area contributed by atoms with Crippen LogP contribution in [0.5, 0.6) is 5.75 Å². The van der Waals surface area contributed by atoms with Gasteiger partial charge in [-0.05, 0) is 24.3 Å². The van der Waals surface area contributed by atoms with E-state index in [1.165, 1.54) is 6.07 Å². The van der Waals surface area contributed by atoms with Crippen molar-refractivity contribution in [3.8, 4) is 17.1 Å². The number of aromatic nitrogens is 2. The number of hydrogen-bond donors (Lipinski definition) is 3. The van der Waals surface area contributed by atoms with E-state index in [-0.39, 0.29) is 11.4 Å². The maximum atomic E-state index is 9.62. The molecule has 0 unspecified atom stereocenters. The normalized spacial score (nSPS) is 11.1. The van der Waals surface area contributed by atoms with Crippen LogP contribution in [0.1, 0.15) is 0 Å². The molecule has 1 aromatic heterocycles. The van der Waals surface area contributed by atoms with Gasteiger partial charge >= 0.3 is 0 Å². The SMILES string of the molecule is Nc1c(O)cccc1-c1nc2cc(Cl)c(Cl)cc2[nH]1. The summed E-state index contributed by atoms with van der Waals surface area (Å²) in [6, 6.07) is 8.38. The number of halogens is 2. The van der Waals surface area contributed by atoms with E-state index in [0.717, 1.165) is 5.52 Å². The van der Waals surface area contributed by atoms with Crippen molar-refractivity contribution in [2.45, 2.75) is 0 Å². The Labute approximate surface area is 118 Å². The number of benzene rings is 2. The van der Waals surface area contributed by atoms with Gasteiger partial charge in [-0.3, -0.25) is 0 Å². The van der Waals surface area contributed by atoms with E-state index in [2.05, 4.69) is 9.97 Å². The molecule has 4 nitrogen and oxygen atoms in total. The zero-order valence-corrected chi connectivity index (χ0v) is 11.1. The molecule has 4 N–H and O–H groups in total. The second-order valence-corrected chi connectivity index (χ2v) is 4.92. The van der Waals surface area contributed by atoms with E-state index in [9.17, 15) is 5.11 Å². The third-order valence-corrected chi connectivity index (χ3v) is 3.58. The van der Waals surface area contributed by atoms with Crippen molar-refractivity contribution in [2.24, 2.45) is 0 Å². The summed E-state index contributed by atoms with van der Waals surface area (Å²) >= 11 is 11.9. The van der Waals surface area contributed by atoms with Crippen LogP contribution in [0.25, 0.3) is 22.4 Å². The van der Waals surface area contributed by atoms with E-state index in [1.807, 2.05) is 0 Å². The first-order valence-electron chi connectivity index (χ1n) is 5.49. The van der Waals surface area contributed by atoms with Crippen molar-refractivity contribution in [3.63, 3.8) is 0 Å². The summed E-state index contributed by atoms with van der Waals surface area (Å²) in [4.78, 5) is 7.50. The number of fused-ring (bicyclic) bond motifs is 1. The molecule has 0 aliphatic carbocycles. The fourth-order valence-corrected chi connectivity index (χ4v) is 2.21. The van der Waals surface area contributed by atoms with E-state index in [0.29, 0.717) is 26.9 Å². The monoisotopic (exact) mass is 293 g/mol. The molecule has 0 bridgehead atoms. The number of nitrogens with zero attached hydrogens (tertiary/aromatic N) is 1. The van der Waals surface area contributed by atoms with Gasteiger partial charge in [0, 0.05) is 5.56 Å². The van der Waals surface area contributed by atoms with Gasteiger partial charge in [0.25, 0.3) is 0 Å². The third kappa shape index (κ3) is 1.99. The number of nitrogens with two attached hydrogens (primary N) is 1. The van der Waals surface area contributed by atoms with Gasteiger partial charge in [-0.15, -0.1) is 0 Å². The Bertz CT molecular complexity index is 744. The topological polar surface area (TPSA) is 74.9 Å². The molecule has 19 heavy (non-hydrogen) atoms. The van der Waals surface area contributed by atoms with Gasteiger partial charge in [-0.25, -0.2) is 4.98 Å². The van der Waals surface area contributed by atoms with Crippen molar-refractivity contribution in [2.75, 3.05) is 5.73 Å². The van der Waals surface area contributed by atoms with E-state index in [1.54, 1.807) is 24.3 Å². The average molecular weight is 294 g/mol. The van der Waals surface area contributed by atoms with E-state index >= 15 is 0 Å². The molecule has 0 fully saturated rings. The number of H-pyrrole nitrogens is 1. The lowest BCUT2D eigenvalue weighted by Crippen LogP contribution is -1.91. The maximum absolute atomic E-state index is 9.62. The summed E-state index contributed by atoms with van der Waals surface area (Å²) in [5.41, 5.74) is 8.18. The van der Waals surface area contributed by atoms with Gasteiger partial charge < -0.3 is 15.8 Å². The highest BCUT2D eigenvalue weighted by Crippen LogP contribution is 2.33. The van der Waals surface area contributed by atoms with Gasteiger partial charge in [-0.2, -0.15) is 0 Å². The number of para-hydroxylation sites is 1. The van der Waals surface area contributed by atoms with Gasteiger partial charge in [0.15, 0.2) is 0 Å². The number of hydrogen-bond acceptors (Lipinski definition) is 3. The number of rotatable bonds is 1. The van der Waals surface area contributed by atoms with Crippen molar-refractivity contribution < 1.29 is 5.11 Å². The molecule has 0 spiro atoms. The van der Waals surface area contributed by atoms with Crippen molar-refractivity contribution in [1.29, 1.82) is 0 Å². The largest absolute Gasteiger partial charge is 0.506 e. The molecule has 0 saturated carbocycles. The lowest BCUT2D eigenvalue weighted by atomic mass is 10.1. The lowest BCUT2D eigenvalue weighted by molar-refractivity contribution is 0.478. The molecule has 0 radical (unpaired) electrons. The second kappa shape index (κ2) is 4.33. The minimum Gasteiger partial charge on any atom is -0.506 e. The summed E-state index contributed by atoms with van der Waals surface area (Å²) in [6.45, 7) is 0. The summed E-state index contributed by atoms with van der Waals surface area (Å²) < 4.78 is 0. The van der Waals surface area contributed by atoms with Crippen molar-refractivity contribution in [3.05, 3.63) is 40.4 Å². The predicted octanol–water partition coefficient (Wildman–Crippen LogP) is 3.82. The summed E-state index contributed by atoms with van der Waals surface area (Å²) in [5.74, 6) is 0.579. The standard InChI is InChI=1S/C13H9Cl2N3O/c14-7-4-9-10(5-8(7)15)18-13(17-9)6-2-1-3-11(19)12(6)16/h1-5,19H,16H2,(H,17,18). The minimum atomic E-state index is 0.0222. The highest BCUT2D eigenvalue weighted by atomic mass is 35.5. The van der Waals surface area contributed by atoms with Crippen LogP contribution in [0, 0.1) is 0 Å². The number of nitrogens with one attached hydrogen (secondary N) is 1. The van der Waals surface area contributed by atoms with Crippen LogP contribution >= 0.6 is 23.2 Å². The van der Waals surface area contributed by atoms with Crippen molar-refractivity contribution in [1.82, 2.24) is 9.97 Å². The van der Waals surface area contributed by atoms with Crippen LogP contribution in [0.3, 0.4) is 0 Å². The Kier molecular flexibility index (Phi) is 2.77. The molecule has 0 aliphatic rings. The number of nitrogen functional groups attached to an aromatic ring is 1. The molecule has 0 amide bonds. The first-order valence-corrected chi connectivity index (χ1v) is 6.24. The Morgan fingerprint density at radius 1 is 1.16 bits per heavy atom. The molecule has 0 saturated heterocycles. The van der Waals surface area contributed by atoms with Gasteiger partial charge in [-0.1, -0.05) is 29.3 Å². The number of aromatic hydroxyl groups is 1. The van der Waals surface area contributed by atoms with E-state index < -0.39 is 0 Å². The molecular formula is C13H9Cl2N3O. The quantitative estimate of drug-likeness (QED) is 0.471. The van der Waals surface area contributed by atoms with Crippen LogP contribution in [0.15, 0.2) is 30.3 Å². The highest BCUT2D eigenvalue weighted by molar-refractivity contribution is 6.42. The number of aromatic amines is 1. The minimum absolute atomic E-state index is 0.0222. The zero-order valence-electron chi connectivity index (χ0n) is 9.61. The molecule has 3 rings (SSSR count). The van der Waals surface area contributed by atoms with Crippen LogP contribution in [-0.2, 0) is 0 Å². The zero-order chi connectivity index (χ0) is 13.6. The molecule has 96 valence electrons. The van der Waals surface area contributed by atoms with Crippen molar-refractivity contribution >= 4 is 39.9 Å². The van der Waals surface area contributed by atoms with Crippen LogP contribution < -0.4 is 5.73 Å². The Morgan fingerprint density at radius 3 is 2.68 bits per heavy atom. The first-order chi connectivity index (χ1) is 9.06. The summed E-state index contributed by atoms with van der Waals surface area (Å²) in [6.07, 6.45) is 0. The van der Waals surface area contributed by atoms with Crippen LogP contribution in [0.4, 0.5) is 5.69 Å². The first kappa shape index (κ1) is 12.1. The third-order valence-electron chi connectivity index (χ3n) is 2.86. The Balaban J connectivity index is 2.23. The smallest absolute Gasteiger partial charge is 0.140 e. The van der Waals surface area contributed by atoms with Crippen LogP contribution in [0.2, 0.25) is 10.0 Å². The summed E-state index contributed by atoms with van der Waals surface area (Å²) in [5, 5.41) is 10.5. The fourth-order valence-electron chi connectivity index (χ4n) is 1.89. The average Bonchev–Trinajstić information content (AvgIpc) is 2.76. The molecule has 6 heteroatoms. The fraction of sp³-hybridized carbons (Fsp3) is 0. The molecule has 0 aliphatic heterocycles. The number of phenols is 1. The Morgan fingerprint density at radius 2 is 1.89 bits per heavy atom. The van der Waals surface area contributed by atoms with Gasteiger partial charge in [0.1, 0.15) is 11.6 Å². The molecule has 0 atom stereocenters. The predicted molar refractivity (Wildman–Crippen MR) is 77.6 cm³/mol. The Hall–Kier alpha value is -1.91. The highest BCUT2D eigenvalue weighted by Gasteiger charge is 2.12. The van der Waals surface area contributed by atoms with E-state index in [4.69, 9.17) is 28.9 Å².